The van der Waals surface area contributed by atoms with Crippen molar-refractivity contribution in [1.29, 1.82) is 0 Å². The molecule has 2 aromatic rings. The molecule has 2 aromatic heterocycles. The molecule has 4 N–H and O–H groups in total. The van der Waals surface area contributed by atoms with Crippen molar-refractivity contribution in [3.63, 3.8) is 0 Å². The Morgan fingerprint density at radius 2 is 2.30 bits per heavy atom. The van der Waals surface area contributed by atoms with E-state index in [2.05, 4.69) is 19.9 Å². The highest BCUT2D eigenvalue weighted by Gasteiger charge is 2.19. The molecule has 0 radical (unpaired) electrons. The number of aryl methyl sites for hydroxylation is 1. The number of hydrogen-bond donors (Lipinski definition) is 3. The van der Waals surface area contributed by atoms with Crippen LogP contribution in [0, 0.1) is 0 Å². The van der Waals surface area contributed by atoms with Crippen molar-refractivity contribution in [1.82, 2.24) is 24.5 Å². The normalized spacial score (nSPS) is 11.7. The van der Waals surface area contributed by atoms with Crippen molar-refractivity contribution < 1.29 is 13.2 Å². The molecule has 0 aliphatic heterocycles. The fourth-order valence-corrected chi connectivity index (χ4v) is 2.77. The molecule has 2 rings (SSSR count). The van der Waals surface area contributed by atoms with Gasteiger partial charge in [-0.2, -0.15) is 5.10 Å². The van der Waals surface area contributed by atoms with Gasteiger partial charge in [-0.1, -0.05) is 0 Å². The Kier molecular flexibility index (Phi) is 3.86. The van der Waals surface area contributed by atoms with E-state index in [-0.39, 0.29) is 17.1 Å². The Bertz CT molecular complexity index is 703. The monoisotopic (exact) mass is 298 g/mol. The number of sulfonamides is 1. The first-order chi connectivity index (χ1) is 9.40. The van der Waals surface area contributed by atoms with Crippen molar-refractivity contribution in [2.45, 2.75) is 11.3 Å². The summed E-state index contributed by atoms with van der Waals surface area (Å²) in [4.78, 5) is 15.0. The van der Waals surface area contributed by atoms with Crippen LogP contribution in [0.2, 0.25) is 0 Å². The van der Waals surface area contributed by atoms with Gasteiger partial charge in [-0.05, 0) is 6.07 Å². The Morgan fingerprint density at radius 3 is 2.85 bits per heavy atom. The number of nitrogens with one attached hydrogen (secondary N) is 2. The summed E-state index contributed by atoms with van der Waals surface area (Å²) in [5, 5.41) is 6.29. The molecule has 108 valence electrons. The molecule has 9 nitrogen and oxygen atoms in total. The number of primary amides is 1. The predicted molar refractivity (Wildman–Crippen MR) is 69.2 cm³/mol. The average molecular weight is 298 g/mol. The van der Waals surface area contributed by atoms with Gasteiger partial charge in [-0.3, -0.25) is 9.89 Å². The Labute approximate surface area is 115 Å². The molecule has 0 saturated heterocycles. The molecule has 0 spiro atoms. The zero-order valence-electron chi connectivity index (χ0n) is 10.7. The second kappa shape index (κ2) is 5.43. The SMILES string of the molecule is Cn1cc(S(=O)(=O)NCCc2ncn[nH]2)cc1C(N)=O. The van der Waals surface area contributed by atoms with Crippen LogP contribution in [-0.2, 0) is 23.5 Å². The summed E-state index contributed by atoms with van der Waals surface area (Å²) >= 11 is 0. The summed E-state index contributed by atoms with van der Waals surface area (Å²) in [6.07, 6.45) is 3.06. The summed E-state index contributed by atoms with van der Waals surface area (Å²) in [5.41, 5.74) is 5.27. The van der Waals surface area contributed by atoms with E-state index in [9.17, 15) is 13.2 Å². The van der Waals surface area contributed by atoms with Gasteiger partial charge < -0.3 is 10.3 Å². The van der Waals surface area contributed by atoms with Crippen LogP contribution < -0.4 is 10.5 Å². The molecule has 0 aliphatic rings. The molecular formula is C10H14N6O3S. The first-order valence-corrected chi connectivity index (χ1v) is 7.18. The maximum atomic E-state index is 12.0. The van der Waals surface area contributed by atoms with Gasteiger partial charge in [0.2, 0.25) is 10.0 Å². The lowest BCUT2D eigenvalue weighted by atomic mass is 10.4. The van der Waals surface area contributed by atoms with E-state index in [0.29, 0.717) is 12.2 Å². The second-order valence-corrected chi connectivity index (χ2v) is 5.88. The van der Waals surface area contributed by atoms with Crippen molar-refractivity contribution >= 4 is 15.9 Å². The fourth-order valence-electron chi connectivity index (χ4n) is 1.66. The van der Waals surface area contributed by atoms with Crippen molar-refractivity contribution in [2.24, 2.45) is 12.8 Å². The molecule has 0 fully saturated rings. The number of amides is 1. The van der Waals surface area contributed by atoms with Crippen molar-refractivity contribution in [2.75, 3.05) is 6.54 Å². The number of carbonyl (C=O) groups excluding carboxylic acids is 1. The Hall–Kier alpha value is -2.20. The lowest BCUT2D eigenvalue weighted by Crippen LogP contribution is -2.26. The third-order valence-electron chi connectivity index (χ3n) is 2.66. The first kappa shape index (κ1) is 14.2. The summed E-state index contributed by atoms with van der Waals surface area (Å²) < 4.78 is 27.8. The molecule has 20 heavy (non-hydrogen) atoms. The fraction of sp³-hybridized carbons (Fsp3) is 0.300. The summed E-state index contributed by atoms with van der Waals surface area (Å²) in [6, 6.07) is 1.24. The van der Waals surface area contributed by atoms with Crippen LogP contribution >= 0.6 is 0 Å². The van der Waals surface area contributed by atoms with E-state index in [1.807, 2.05) is 0 Å². The average Bonchev–Trinajstić information content (AvgIpc) is 2.98. The number of rotatable bonds is 6. The second-order valence-electron chi connectivity index (χ2n) is 4.12. The van der Waals surface area contributed by atoms with Crippen LogP contribution in [0.25, 0.3) is 0 Å². The lowest BCUT2D eigenvalue weighted by molar-refractivity contribution is 0.0992. The highest BCUT2D eigenvalue weighted by atomic mass is 32.2. The van der Waals surface area contributed by atoms with Crippen LogP contribution in [0.3, 0.4) is 0 Å². The molecule has 0 unspecified atom stereocenters. The van der Waals surface area contributed by atoms with E-state index >= 15 is 0 Å². The van der Waals surface area contributed by atoms with Gasteiger partial charge in [-0.15, -0.1) is 0 Å². The van der Waals surface area contributed by atoms with E-state index < -0.39 is 15.9 Å². The molecule has 1 amide bonds. The number of hydrogen-bond acceptors (Lipinski definition) is 5. The van der Waals surface area contributed by atoms with Gasteiger partial charge in [0.05, 0.1) is 0 Å². The standard InChI is InChI=1S/C10H14N6O3S/c1-16-5-7(4-8(16)10(11)17)20(18,19)14-3-2-9-12-6-13-15-9/h4-6,14H,2-3H2,1H3,(H2,11,17)(H,12,13,15). The third kappa shape index (κ3) is 3.03. The number of nitrogens with two attached hydrogens (primary N) is 1. The largest absolute Gasteiger partial charge is 0.364 e. The zero-order chi connectivity index (χ0) is 14.8. The van der Waals surface area contributed by atoms with Crippen LogP contribution in [0.4, 0.5) is 0 Å². The number of carbonyl (C=O) groups is 1. The highest BCUT2D eigenvalue weighted by Crippen LogP contribution is 2.12. The number of nitrogens with zero attached hydrogens (tertiary/aromatic N) is 3. The minimum Gasteiger partial charge on any atom is -0.364 e. The van der Waals surface area contributed by atoms with Crippen LogP contribution in [0.5, 0.6) is 0 Å². The van der Waals surface area contributed by atoms with Gasteiger partial charge in [0, 0.05) is 26.2 Å². The van der Waals surface area contributed by atoms with E-state index in [0.717, 1.165) is 0 Å². The van der Waals surface area contributed by atoms with Crippen LogP contribution in [-0.4, -0.2) is 40.6 Å². The van der Waals surface area contributed by atoms with Crippen LogP contribution in [0.15, 0.2) is 23.5 Å². The molecule has 10 heteroatoms. The summed E-state index contributed by atoms with van der Waals surface area (Å²) in [7, 11) is -2.14. The predicted octanol–water partition coefficient (Wildman–Crippen LogP) is -1.24. The molecule has 0 aliphatic carbocycles. The molecule has 0 atom stereocenters. The number of aromatic amines is 1. The smallest absolute Gasteiger partial charge is 0.265 e. The zero-order valence-corrected chi connectivity index (χ0v) is 11.5. The van der Waals surface area contributed by atoms with Gasteiger partial charge in [0.15, 0.2) is 0 Å². The molecule has 0 bridgehead atoms. The Balaban J connectivity index is 2.06. The van der Waals surface area contributed by atoms with Crippen molar-refractivity contribution in [3.05, 3.63) is 30.1 Å². The number of aromatic nitrogens is 4. The quantitative estimate of drug-likeness (QED) is 0.613. The van der Waals surface area contributed by atoms with Gasteiger partial charge in [0.25, 0.3) is 5.91 Å². The van der Waals surface area contributed by atoms with Gasteiger partial charge in [-0.25, -0.2) is 18.1 Å². The summed E-state index contributed by atoms with van der Waals surface area (Å²) in [6.45, 7) is 0.165. The molecular weight excluding hydrogens is 284 g/mol. The Morgan fingerprint density at radius 1 is 1.55 bits per heavy atom. The minimum atomic E-state index is -3.69. The summed E-state index contributed by atoms with van der Waals surface area (Å²) in [5.74, 6) is -0.103. The maximum Gasteiger partial charge on any atom is 0.265 e. The third-order valence-corrected chi connectivity index (χ3v) is 4.09. The van der Waals surface area contributed by atoms with Gasteiger partial charge in [0.1, 0.15) is 22.7 Å². The van der Waals surface area contributed by atoms with Crippen LogP contribution in [0.1, 0.15) is 16.3 Å². The minimum absolute atomic E-state index is 0.00799. The van der Waals surface area contributed by atoms with E-state index in [1.54, 1.807) is 7.05 Å². The lowest BCUT2D eigenvalue weighted by Gasteiger charge is -2.03. The molecule has 0 saturated carbocycles. The first-order valence-electron chi connectivity index (χ1n) is 5.70. The topological polar surface area (TPSA) is 136 Å². The maximum absolute atomic E-state index is 12.0. The number of H-pyrrole nitrogens is 1. The van der Waals surface area contributed by atoms with E-state index in [1.165, 1.54) is 23.2 Å². The van der Waals surface area contributed by atoms with Gasteiger partial charge >= 0.3 is 0 Å². The highest BCUT2D eigenvalue weighted by molar-refractivity contribution is 7.89. The molecule has 0 aromatic carbocycles. The van der Waals surface area contributed by atoms with Crippen molar-refractivity contribution in [3.8, 4) is 0 Å². The molecule has 2 heterocycles. The van der Waals surface area contributed by atoms with E-state index in [4.69, 9.17) is 5.73 Å².